The molecule has 1 aliphatic rings. The topological polar surface area (TPSA) is 64.3 Å². The van der Waals surface area contributed by atoms with Crippen LogP contribution in [0.3, 0.4) is 0 Å². The molecule has 0 aromatic heterocycles. The van der Waals surface area contributed by atoms with Crippen LogP contribution in [0.25, 0.3) is 0 Å². The van der Waals surface area contributed by atoms with Gasteiger partial charge in [0.05, 0.1) is 11.6 Å². The summed E-state index contributed by atoms with van der Waals surface area (Å²) in [7, 11) is 0. The molecule has 1 aromatic carbocycles. The molecule has 0 saturated carbocycles. The highest BCUT2D eigenvalue weighted by Gasteiger charge is 2.27. The summed E-state index contributed by atoms with van der Waals surface area (Å²) in [6.45, 7) is 3.45. The fraction of sp³-hybridized carbons (Fsp3) is 0.500. The highest BCUT2D eigenvalue weighted by atomic mass is 16.4. The summed E-state index contributed by atoms with van der Waals surface area (Å²) in [6.07, 6.45) is 3.87. The van der Waals surface area contributed by atoms with E-state index in [1.165, 1.54) is 0 Å². The van der Waals surface area contributed by atoms with Gasteiger partial charge in [-0.1, -0.05) is 18.9 Å². The predicted molar refractivity (Wildman–Crippen MR) is 76.2 cm³/mol. The molecule has 1 heterocycles. The number of rotatable bonds is 3. The molecule has 0 aliphatic carbocycles. The summed E-state index contributed by atoms with van der Waals surface area (Å²) in [5, 5.41) is 18.3. The molecule has 1 saturated heterocycles. The molecule has 2 rings (SSSR count). The molecule has 1 N–H and O–H groups in total. The van der Waals surface area contributed by atoms with Crippen molar-refractivity contribution in [3.63, 3.8) is 0 Å². The van der Waals surface area contributed by atoms with Crippen molar-refractivity contribution < 1.29 is 9.90 Å². The smallest absolute Gasteiger partial charge is 0.320 e. The van der Waals surface area contributed by atoms with Gasteiger partial charge in [-0.25, -0.2) is 0 Å². The number of carboxylic acid groups (broad SMARTS) is 1. The van der Waals surface area contributed by atoms with E-state index in [4.69, 9.17) is 5.26 Å². The molecule has 0 spiro atoms. The van der Waals surface area contributed by atoms with Crippen LogP contribution in [0.4, 0.5) is 0 Å². The van der Waals surface area contributed by atoms with Crippen LogP contribution in [-0.4, -0.2) is 28.6 Å². The standard InChI is InChI=1S/C16H20N2O2/c1-12-9-13(10-17)6-7-14(12)11-18-8-4-2-3-5-15(18)16(19)20/h6-7,9,15H,2-5,8,11H2,1H3,(H,19,20). The largest absolute Gasteiger partial charge is 0.480 e. The summed E-state index contributed by atoms with van der Waals surface area (Å²) in [5.74, 6) is -0.724. The van der Waals surface area contributed by atoms with Gasteiger partial charge in [-0.15, -0.1) is 0 Å². The zero-order valence-corrected chi connectivity index (χ0v) is 11.8. The van der Waals surface area contributed by atoms with E-state index in [9.17, 15) is 9.90 Å². The van der Waals surface area contributed by atoms with Crippen molar-refractivity contribution in [3.05, 3.63) is 34.9 Å². The number of carboxylic acids is 1. The Morgan fingerprint density at radius 2 is 2.25 bits per heavy atom. The first kappa shape index (κ1) is 14.5. The van der Waals surface area contributed by atoms with Crippen molar-refractivity contribution in [1.29, 1.82) is 5.26 Å². The van der Waals surface area contributed by atoms with Crippen molar-refractivity contribution in [3.8, 4) is 6.07 Å². The molecule has 1 aliphatic heterocycles. The van der Waals surface area contributed by atoms with E-state index in [1.807, 2.05) is 19.1 Å². The van der Waals surface area contributed by atoms with E-state index in [-0.39, 0.29) is 6.04 Å². The predicted octanol–water partition coefficient (Wildman–Crippen LogP) is 2.70. The number of carbonyl (C=O) groups is 1. The summed E-state index contributed by atoms with van der Waals surface area (Å²) >= 11 is 0. The Balaban J connectivity index is 2.18. The van der Waals surface area contributed by atoms with E-state index in [1.54, 1.807) is 6.07 Å². The second kappa shape index (κ2) is 6.53. The Bertz CT molecular complexity index is 534. The third-order valence-electron chi connectivity index (χ3n) is 3.99. The van der Waals surface area contributed by atoms with Crippen LogP contribution in [0.15, 0.2) is 18.2 Å². The number of aryl methyl sites for hydroxylation is 1. The average molecular weight is 272 g/mol. The van der Waals surface area contributed by atoms with Crippen molar-refractivity contribution in [2.45, 2.75) is 45.2 Å². The molecule has 106 valence electrons. The van der Waals surface area contributed by atoms with Crippen LogP contribution >= 0.6 is 0 Å². The maximum Gasteiger partial charge on any atom is 0.320 e. The minimum absolute atomic E-state index is 0.382. The van der Waals surface area contributed by atoms with Crippen LogP contribution in [0, 0.1) is 18.3 Å². The van der Waals surface area contributed by atoms with E-state index in [0.717, 1.165) is 43.4 Å². The molecule has 0 bridgehead atoms. The van der Waals surface area contributed by atoms with Gasteiger partial charge in [0, 0.05) is 6.54 Å². The molecule has 4 nitrogen and oxygen atoms in total. The van der Waals surface area contributed by atoms with Crippen molar-refractivity contribution >= 4 is 5.97 Å². The Hall–Kier alpha value is -1.86. The van der Waals surface area contributed by atoms with Crippen LogP contribution in [0.5, 0.6) is 0 Å². The van der Waals surface area contributed by atoms with Crippen LogP contribution in [-0.2, 0) is 11.3 Å². The lowest BCUT2D eigenvalue weighted by Gasteiger charge is -2.27. The molecule has 1 unspecified atom stereocenters. The molecule has 1 fully saturated rings. The van der Waals surface area contributed by atoms with Gasteiger partial charge < -0.3 is 5.11 Å². The zero-order chi connectivity index (χ0) is 14.5. The fourth-order valence-electron chi connectivity index (χ4n) is 2.80. The van der Waals surface area contributed by atoms with Crippen molar-refractivity contribution in [1.82, 2.24) is 4.90 Å². The lowest BCUT2D eigenvalue weighted by molar-refractivity contribution is -0.143. The van der Waals surface area contributed by atoms with E-state index in [0.29, 0.717) is 12.1 Å². The van der Waals surface area contributed by atoms with Gasteiger partial charge in [0.2, 0.25) is 0 Å². The highest BCUT2D eigenvalue weighted by Crippen LogP contribution is 2.21. The van der Waals surface area contributed by atoms with E-state index >= 15 is 0 Å². The minimum Gasteiger partial charge on any atom is -0.480 e. The van der Waals surface area contributed by atoms with Crippen molar-refractivity contribution in [2.24, 2.45) is 0 Å². The molecule has 1 atom stereocenters. The zero-order valence-electron chi connectivity index (χ0n) is 11.8. The van der Waals surface area contributed by atoms with Gasteiger partial charge >= 0.3 is 5.97 Å². The van der Waals surface area contributed by atoms with Gasteiger partial charge in [-0.3, -0.25) is 9.69 Å². The molecular weight excluding hydrogens is 252 g/mol. The van der Waals surface area contributed by atoms with Gasteiger partial charge in [0.1, 0.15) is 6.04 Å². The van der Waals surface area contributed by atoms with Gasteiger partial charge in [0.25, 0.3) is 0 Å². The SMILES string of the molecule is Cc1cc(C#N)ccc1CN1CCCCCC1C(=O)O. The van der Waals surface area contributed by atoms with Crippen LogP contribution < -0.4 is 0 Å². The number of nitrogens with zero attached hydrogens (tertiary/aromatic N) is 2. The Labute approximate surface area is 119 Å². The maximum absolute atomic E-state index is 11.4. The number of likely N-dealkylation sites (tertiary alicyclic amines) is 1. The lowest BCUT2D eigenvalue weighted by Crippen LogP contribution is -2.40. The molecular formula is C16H20N2O2. The lowest BCUT2D eigenvalue weighted by atomic mass is 10.0. The van der Waals surface area contributed by atoms with E-state index in [2.05, 4.69) is 11.0 Å². The van der Waals surface area contributed by atoms with Gasteiger partial charge in [-0.2, -0.15) is 5.26 Å². The number of hydrogen-bond donors (Lipinski definition) is 1. The quantitative estimate of drug-likeness (QED) is 0.918. The van der Waals surface area contributed by atoms with Gasteiger partial charge in [-0.05, 0) is 49.6 Å². The number of benzene rings is 1. The number of aliphatic carboxylic acids is 1. The third kappa shape index (κ3) is 3.37. The minimum atomic E-state index is -0.724. The van der Waals surface area contributed by atoms with Crippen molar-refractivity contribution in [2.75, 3.05) is 6.54 Å². The molecule has 0 radical (unpaired) electrons. The Morgan fingerprint density at radius 3 is 2.90 bits per heavy atom. The van der Waals surface area contributed by atoms with Gasteiger partial charge in [0.15, 0.2) is 0 Å². The first-order valence-electron chi connectivity index (χ1n) is 7.08. The van der Waals surface area contributed by atoms with Crippen LogP contribution in [0.2, 0.25) is 0 Å². The first-order valence-corrected chi connectivity index (χ1v) is 7.08. The first-order chi connectivity index (χ1) is 9.61. The Kier molecular flexibility index (Phi) is 4.75. The summed E-state index contributed by atoms with van der Waals surface area (Å²) < 4.78 is 0. The molecule has 1 aromatic rings. The number of hydrogen-bond acceptors (Lipinski definition) is 3. The number of nitriles is 1. The second-order valence-electron chi connectivity index (χ2n) is 5.43. The summed E-state index contributed by atoms with van der Waals surface area (Å²) in [4.78, 5) is 13.5. The molecule has 4 heteroatoms. The molecule has 20 heavy (non-hydrogen) atoms. The highest BCUT2D eigenvalue weighted by molar-refractivity contribution is 5.73. The Morgan fingerprint density at radius 1 is 1.45 bits per heavy atom. The second-order valence-corrected chi connectivity index (χ2v) is 5.43. The average Bonchev–Trinajstić information content (AvgIpc) is 2.66. The summed E-state index contributed by atoms with van der Waals surface area (Å²) in [6, 6.07) is 7.35. The molecule has 0 amide bonds. The third-order valence-corrected chi connectivity index (χ3v) is 3.99. The normalized spacial score (nSPS) is 20.1. The monoisotopic (exact) mass is 272 g/mol. The summed E-state index contributed by atoms with van der Waals surface area (Å²) in [5.41, 5.74) is 2.81. The van der Waals surface area contributed by atoms with E-state index < -0.39 is 5.97 Å². The maximum atomic E-state index is 11.4. The fourth-order valence-corrected chi connectivity index (χ4v) is 2.80. The van der Waals surface area contributed by atoms with Crippen LogP contribution in [0.1, 0.15) is 42.4 Å².